The van der Waals surface area contributed by atoms with E-state index in [4.69, 9.17) is 12.3 Å². The quantitative estimate of drug-likeness (QED) is 0.278. The van der Waals surface area contributed by atoms with E-state index in [-0.39, 0.29) is 11.9 Å². The van der Waals surface area contributed by atoms with Gasteiger partial charge in [0, 0.05) is 29.9 Å². The Morgan fingerprint density at radius 1 is 0.974 bits per heavy atom. The highest BCUT2D eigenvalue weighted by Gasteiger charge is 2.21. The normalized spacial score (nSPS) is 13.2. The number of carbonyl (C=O) groups is 2. The van der Waals surface area contributed by atoms with Crippen LogP contribution in [-0.2, 0) is 13.0 Å². The molecule has 0 aromatic heterocycles. The van der Waals surface area contributed by atoms with Crippen molar-refractivity contribution in [3.63, 3.8) is 0 Å². The average molecular weight is 515 g/mol. The van der Waals surface area contributed by atoms with Crippen molar-refractivity contribution in [1.82, 2.24) is 5.32 Å². The molecule has 1 atom stereocenters. The molecular formula is C33H30N4O2. The fourth-order valence-electron chi connectivity index (χ4n) is 5.14. The molecule has 39 heavy (non-hydrogen) atoms. The number of nitrogens with zero attached hydrogens (tertiary/aromatic N) is 2. The Labute approximate surface area is 228 Å². The Balaban J connectivity index is 1.33. The number of nitrogens with one attached hydrogen (secondary N) is 1. The van der Waals surface area contributed by atoms with Gasteiger partial charge in [0.1, 0.15) is 0 Å². The van der Waals surface area contributed by atoms with Crippen molar-refractivity contribution in [2.45, 2.75) is 32.4 Å². The van der Waals surface area contributed by atoms with E-state index < -0.39 is 5.91 Å². The summed E-state index contributed by atoms with van der Waals surface area (Å²) in [4.78, 5) is 30.4. The zero-order chi connectivity index (χ0) is 27.4. The van der Waals surface area contributed by atoms with Crippen molar-refractivity contribution in [2.75, 3.05) is 11.4 Å². The van der Waals surface area contributed by atoms with Crippen LogP contribution in [0.4, 0.5) is 11.4 Å². The van der Waals surface area contributed by atoms with Crippen molar-refractivity contribution < 1.29 is 9.59 Å². The Morgan fingerprint density at radius 3 is 2.41 bits per heavy atom. The first-order chi connectivity index (χ1) is 18.9. The van der Waals surface area contributed by atoms with Crippen molar-refractivity contribution in [2.24, 2.45) is 5.73 Å². The van der Waals surface area contributed by atoms with Crippen molar-refractivity contribution >= 4 is 23.2 Å². The molecule has 1 aliphatic rings. The summed E-state index contributed by atoms with van der Waals surface area (Å²) in [5.41, 5.74) is 13.8. The average Bonchev–Trinajstić information content (AvgIpc) is 2.97. The summed E-state index contributed by atoms with van der Waals surface area (Å²) in [6, 6.07) is 28.8. The van der Waals surface area contributed by atoms with Gasteiger partial charge in [0.05, 0.1) is 12.6 Å². The third-order valence-corrected chi connectivity index (χ3v) is 7.29. The molecule has 5 rings (SSSR count). The molecule has 4 aromatic rings. The zero-order valence-electron chi connectivity index (χ0n) is 21.9. The lowest BCUT2D eigenvalue weighted by atomic mass is 9.95. The van der Waals surface area contributed by atoms with Gasteiger partial charge in [-0.3, -0.25) is 9.59 Å². The number of anilines is 1. The van der Waals surface area contributed by atoms with E-state index in [0.29, 0.717) is 16.8 Å². The number of hydrogen-bond donors (Lipinski definition) is 2. The van der Waals surface area contributed by atoms with Crippen molar-refractivity contribution in [3.8, 4) is 11.1 Å². The molecule has 4 aromatic carbocycles. The number of aryl methyl sites for hydroxylation is 1. The molecule has 0 fully saturated rings. The third kappa shape index (κ3) is 5.68. The SMILES string of the molecule is [C-]#[N+]c1ccc([C@H](C)NC(=O)c2ccc3c(c2)CCCN3Cc2ccccc2-c2ccc(C(N)=O)cc2)cc1. The number of primary amides is 1. The number of rotatable bonds is 7. The molecule has 6 nitrogen and oxygen atoms in total. The fraction of sp³-hybridized carbons (Fsp3) is 0.182. The fourth-order valence-corrected chi connectivity index (χ4v) is 5.14. The Morgan fingerprint density at radius 2 is 1.69 bits per heavy atom. The van der Waals surface area contributed by atoms with Gasteiger partial charge in [-0.2, -0.15) is 0 Å². The van der Waals surface area contributed by atoms with Crippen LogP contribution in [0.1, 0.15) is 56.8 Å². The molecule has 0 saturated heterocycles. The van der Waals surface area contributed by atoms with Gasteiger partial charge >= 0.3 is 0 Å². The third-order valence-electron chi connectivity index (χ3n) is 7.29. The summed E-state index contributed by atoms with van der Waals surface area (Å²) >= 11 is 0. The Bertz CT molecular complexity index is 1550. The van der Waals surface area contributed by atoms with E-state index in [2.05, 4.69) is 33.3 Å². The van der Waals surface area contributed by atoms with Gasteiger partial charge in [-0.05, 0) is 77.9 Å². The van der Waals surface area contributed by atoms with Crippen LogP contribution in [0.3, 0.4) is 0 Å². The molecule has 0 spiro atoms. The molecular weight excluding hydrogens is 484 g/mol. The van der Waals surface area contributed by atoms with Gasteiger partial charge in [0.15, 0.2) is 5.69 Å². The first-order valence-corrected chi connectivity index (χ1v) is 13.1. The van der Waals surface area contributed by atoms with Gasteiger partial charge in [-0.1, -0.05) is 60.7 Å². The number of fused-ring (bicyclic) bond motifs is 1. The van der Waals surface area contributed by atoms with E-state index in [9.17, 15) is 9.59 Å². The van der Waals surface area contributed by atoms with Crippen LogP contribution in [0, 0.1) is 6.57 Å². The number of benzene rings is 4. The lowest BCUT2D eigenvalue weighted by Gasteiger charge is -2.32. The topological polar surface area (TPSA) is 79.8 Å². The molecule has 194 valence electrons. The minimum Gasteiger partial charge on any atom is -0.367 e. The highest BCUT2D eigenvalue weighted by Crippen LogP contribution is 2.32. The molecule has 2 amide bonds. The molecule has 6 heteroatoms. The van der Waals surface area contributed by atoms with Crippen LogP contribution >= 0.6 is 0 Å². The van der Waals surface area contributed by atoms with E-state index in [1.54, 1.807) is 24.3 Å². The van der Waals surface area contributed by atoms with Crippen LogP contribution < -0.4 is 16.0 Å². The molecule has 0 radical (unpaired) electrons. The minimum atomic E-state index is -0.433. The smallest absolute Gasteiger partial charge is 0.251 e. The summed E-state index contributed by atoms with van der Waals surface area (Å²) in [6.07, 6.45) is 1.94. The van der Waals surface area contributed by atoms with Gasteiger partial charge < -0.3 is 16.0 Å². The van der Waals surface area contributed by atoms with E-state index >= 15 is 0 Å². The summed E-state index contributed by atoms with van der Waals surface area (Å²) in [7, 11) is 0. The summed E-state index contributed by atoms with van der Waals surface area (Å²) in [5.74, 6) is -0.543. The van der Waals surface area contributed by atoms with Gasteiger partial charge in [-0.15, -0.1) is 0 Å². The predicted octanol–water partition coefficient (Wildman–Crippen LogP) is 6.45. The van der Waals surface area contributed by atoms with Crippen LogP contribution in [0.25, 0.3) is 16.0 Å². The van der Waals surface area contributed by atoms with E-state index in [1.807, 2.05) is 55.5 Å². The highest BCUT2D eigenvalue weighted by molar-refractivity contribution is 5.95. The monoisotopic (exact) mass is 514 g/mol. The minimum absolute atomic E-state index is 0.110. The zero-order valence-corrected chi connectivity index (χ0v) is 21.9. The van der Waals surface area contributed by atoms with Gasteiger partial charge in [-0.25, -0.2) is 4.85 Å². The number of hydrogen-bond acceptors (Lipinski definition) is 3. The van der Waals surface area contributed by atoms with Gasteiger partial charge in [0.2, 0.25) is 5.91 Å². The number of amides is 2. The molecule has 0 aliphatic carbocycles. The van der Waals surface area contributed by atoms with E-state index in [0.717, 1.165) is 48.3 Å². The maximum atomic E-state index is 13.1. The van der Waals surface area contributed by atoms with Crippen molar-refractivity contribution in [3.05, 3.63) is 130 Å². The van der Waals surface area contributed by atoms with Crippen LogP contribution in [0.15, 0.2) is 91.0 Å². The molecule has 3 N–H and O–H groups in total. The number of nitrogens with two attached hydrogens (primary N) is 1. The van der Waals surface area contributed by atoms with E-state index in [1.165, 1.54) is 11.1 Å². The number of carbonyl (C=O) groups excluding carboxylic acids is 2. The maximum Gasteiger partial charge on any atom is 0.251 e. The first kappa shape index (κ1) is 25.7. The standard InChI is InChI=1S/C33H30N4O2/c1-22(23-13-16-29(35-2)17-14-23)36-33(39)27-15-18-31-26(20-27)7-5-19-37(31)21-28-6-3-4-8-30(28)24-9-11-25(12-10-24)32(34)38/h3-4,6,8-18,20,22H,5,7,19,21H2,1H3,(H2,34,38)(H,36,39)/t22-/m0/s1. The van der Waals surface area contributed by atoms with Crippen LogP contribution in [0.2, 0.25) is 0 Å². The second kappa shape index (κ2) is 11.2. The van der Waals surface area contributed by atoms with Gasteiger partial charge in [0.25, 0.3) is 5.91 Å². The lowest BCUT2D eigenvalue weighted by Crippen LogP contribution is -2.30. The largest absolute Gasteiger partial charge is 0.367 e. The highest BCUT2D eigenvalue weighted by atomic mass is 16.2. The summed E-state index contributed by atoms with van der Waals surface area (Å²) in [5, 5.41) is 3.09. The molecule has 0 unspecified atom stereocenters. The molecule has 0 bridgehead atoms. The summed E-state index contributed by atoms with van der Waals surface area (Å²) in [6.45, 7) is 10.7. The predicted molar refractivity (Wildman–Crippen MR) is 155 cm³/mol. The lowest BCUT2D eigenvalue weighted by molar-refractivity contribution is 0.0938. The first-order valence-electron chi connectivity index (χ1n) is 13.1. The van der Waals surface area contributed by atoms with Crippen LogP contribution in [0.5, 0.6) is 0 Å². The molecule has 1 aliphatic heterocycles. The molecule has 1 heterocycles. The second-order valence-electron chi connectivity index (χ2n) is 9.87. The summed E-state index contributed by atoms with van der Waals surface area (Å²) < 4.78 is 0. The van der Waals surface area contributed by atoms with Crippen LogP contribution in [-0.4, -0.2) is 18.4 Å². The Kier molecular flexibility index (Phi) is 7.42. The van der Waals surface area contributed by atoms with Crippen molar-refractivity contribution in [1.29, 1.82) is 0 Å². The maximum absolute atomic E-state index is 13.1. The second-order valence-corrected chi connectivity index (χ2v) is 9.87. The Hall–Kier alpha value is -4.89. The molecule has 0 saturated carbocycles.